The largest absolute Gasteiger partial charge is 0.497 e. The van der Waals surface area contributed by atoms with Gasteiger partial charge in [-0.1, -0.05) is 23.2 Å². The van der Waals surface area contributed by atoms with Gasteiger partial charge in [-0.25, -0.2) is 0 Å². The molecule has 0 saturated carbocycles. The molecule has 1 aromatic heterocycles. The number of halogens is 2. The molecule has 0 aliphatic rings. The van der Waals surface area contributed by atoms with E-state index in [1.165, 1.54) is 12.3 Å². The molecule has 0 bridgehead atoms. The van der Waals surface area contributed by atoms with Crippen LogP contribution < -0.4 is 10.1 Å². The minimum Gasteiger partial charge on any atom is -0.497 e. The molecule has 1 N–H and O–H groups in total. The second kappa shape index (κ2) is 8.33. The van der Waals surface area contributed by atoms with Crippen LogP contribution in [0.25, 0.3) is 11.0 Å². The van der Waals surface area contributed by atoms with E-state index >= 15 is 0 Å². The summed E-state index contributed by atoms with van der Waals surface area (Å²) in [6.45, 7) is -0.414. The molecule has 0 aliphatic heterocycles. The van der Waals surface area contributed by atoms with Gasteiger partial charge in [0.1, 0.15) is 11.3 Å². The fourth-order valence-electron chi connectivity index (χ4n) is 2.45. The van der Waals surface area contributed by atoms with Crippen molar-refractivity contribution < 1.29 is 23.5 Å². The highest BCUT2D eigenvalue weighted by molar-refractivity contribution is 6.42. The molecular formula is C19H15Cl2NO5. The summed E-state index contributed by atoms with van der Waals surface area (Å²) in [5, 5.41) is 4.06. The van der Waals surface area contributed by atoms with Crippen LogP contribution in [0.15, 0.2) is 47.1 Å². The fourth-order valence-corrected chi connectivity index (χ4v) is 2.75. The molecule has 2 aromatic carbocycles. The molecule has 0 saturated heterocycles. The van der Waals surface area contributed by atoms with Crippen LogP contribution in [0.2, 0.25) is 10.0 Å². The van der Waals surface area contributed by atoms with Gasteiger partial charge >= 0.3 is 5.97 Å². The molecule has 0 radical (unpaired) electrons. The number of benzene rings is 2. The van der Waals surface area contributed by atoms with Crippen LogP contribution in [0, 0.1) is 0 Å². The third-order valence-corrected chi connectivity index (χ3v) is 4.50. The topological polar surface area (TPSA) is 77.8 Å². The zero-order chi connectivity index (χ0) is 19.4. The first-order valence-electron chi connectivity index (χ1n) is 7.91. The smallest absolute Gasteiger partial charge is 0.310 e. The zero-order valence-electron chi connectivity index (χ0n) is 14.3. The van der Waals surface area contributed by atoms with Crippen molar-refractivity contribution in [2.45, 2.75) is 6.42 Å². The number of esters is 1. The number of hydrogen-bond donors (Lipinski definition) is 1. The lowest BCUT2D eigenvalue weighted by atomic mass is 10.1. The average Bonchev–Trinajstić information content (AvgIpc) is 3.05. The Bertz CT molecular complexity index is 999. The number of nitrogens with one attached hydrogen (secondary N) is 1. The molecule has 0 atom stereocenters. The predicted molar refractivity (Wildman–Crippen MR) is 103 cm³/mol. The summed E-state index contributed by atoms with van der Waals surface area (Å²) < 4.78 is 15.6. The molecule has 0 spiro atoms. The van der Waals surface area contributed by atoms with Crippen molar-refractivity contribution in [1.29, 1.82) is 0 Å². The molecule has 0 unspecified atom stereocenters. The summed E-state index contributed by atoms with van der Waals surface area (Å²) in [7, 11) is 1.56. The van der Waals surface area contributed by atoms with Gasteiger partial charge in [0.15, 0.2) is 6.61 Å². The molecule has 3 rings (SSSR count). The van der Waals surface area contributed by atoms with Crippen molar-refractivity contribution in [3.05, 3.63) is 58.3 Å². The Morgan fingerprint density at radius 2 is 1.93 bits per heavy atom. The first kappa shape index (κ1) is 19.1. The van der Waals surface area contributed by atoms with Crippen molar-refractivity contribution in [2.75, 3.05) is 19.0 Å². The molecule has 3 aromatic rings. The van der Waals surface area contributed by atoms with Gasteiger partial charge in [-0.05, 0) is 30.3 Å². The summed E-state index contributed by atoms with van der Waals surface area (Å²) in [6, 6.07) is 9.98. The maximum atomic E-state index is 12.0. The Balaban J connectivity index is 1.55. The lowest BCUT2D eigenvalue weighted by Gasteiger charge is -2.07. The SMILES string of the molecule is COc1ccc2c(CC(=O)OCC(=O)Nc3ccc(Cl)c(Cl)c3)coc2c1. The van der Waals surface area contributed by atoms with E-state index in [9.17, 15) is 9.59 Å². The zero-order valence-corrected chi connectivity index (χ0v) is 15.8. The van der Waals surface area contributed by atoms with E-state index in [-0.39, 0.29) is 6.42 Å². The van der Waals surface area contributed by atoms with Crippen molar-refractivity contribution in [2.24, 2.45) is 0 Å². The van der Waals surface area contributed by atoms with Gasteiger partial charge < -0.3 is 19.2 Å². The lowest BCUT2D eigenvalue weighted by molar-refractivity contribution is -0.146. The number of hydrogen-bond acceptors (Lipinski definition) is 5. The van der Waals surface area contributed by atoms with Crippen LogP contribution in [-0.4, -0.2) is 25.6 Å². The van der Waals surface area contributed by atoms with Gasteiger partial charge in [0, 0.05) is 22.7 Å². The van der Waals surface area contributed by atoms with Crippen LogP contribution >= 0.6 is 23.2 Å². The molecule has 1 amide bonds. The van der Waals surface area contributed by atoms with Crippen LogP contribution in [0.4, 0.5) is 5.69 Å². The molecule has 0 fully saturated rings. The maximum Gasteiger partial charge on any atom is 0.310 e. The quantitative estimate of drug-likeness (QED) is 0.609. The third-order valence-electron chi connectivity index (χ3n) is 3.77. The van der Waals surface area contributed by atoms with E-state index in [0.717, 1.165) is 5.39 Å². The predicted octanol–water partition coefficient (Wildman–Crippen LogP) is 4.47. The van der Waals surface area contributed by atoms with E-state index in [0.29, 0.717) is 32.6 Å². The van der Waals surface area contributed by atoms with Crippen molar-refractivity contribution in [3.63, 3.8) is 0 Å². The Hall–Kier alpha value is -2.70. The van der Waals surface area contributed by atoms with Crippen molar-refractivity contribution in [3.8, 4) is 5.75 Å². The Morgan fingerprint density at radius 1 is 1.11 bits per heavy atom. The van der Waals surface area contributed by atoms with E-state index in [2.05, 4.69) is 5.32 Å². The maximum absolute atomic E-state index is 12.0. The van der Waals surface area contributed by atoms with Crippen molar-refractivity contribution >= 4 is 51.7 Å². The fraction of sp³-hybridized carbons (Fsp3) is 0.158. The van der Waals surface area contributed by atoms with Gasteiger partial charge in [-0.2, -0.15) is 0 Å². The molecular weight excluding hydrogens is 393 g/mol. The first-order chi connectivity index (χ1) is 13.0. The minimum absolute atomic E-state index is 0.0145. The highest BCUT2D eigenvalue weighted by Crippen LogP contribution is 2.26. The number of fused-ring (bicyclic) bond motifs is 1. The number of methoxy groups -OCH3 is 1. The normalized spacial score (nSPS) is 10.6. The molecule has 0 aliphatic carbocycles. The van der Waals surface area contributed by atoms with E-state index in [1.807, 2.05) is 0 Å². The number of amides is 1. The second-order valence-corrected chi connectivity index (χ2v) is 6.45. The highest BCUT2D eigenvalue weighted by atomic mass is 35.5. The summed E-state index contributed by atoms with van der Waals surface area (Å²) in [6.07, 6.45) is 1.47. The Labute approximate surface area is 164 Å². The third kappa shape index (κ3) is 4.72. The van der Waals surface area contributed by atoms with Crippen LogP contribution in [0.1, 0.15) is 5.56 Å². The second-order valence-electron chi connectivity index (χ2n) is 5.64. The van der Waals surface area contributed by atoms with Crippen LogP contribution in [0.5, 0.6) is 5.75 Å². The van der Waals surface area contributed by atoms with E-state index in [1.54, 1.807) is 37.4 Å². The number of ether oxygens (including phenoxy) is 2. The van der Waals surface area contributed by atoms with Crippen LogP contribution in [-0.2, 0) is 20.7 Å². The van der Waals surface area contributed by atoms with Gasteiger partial charge in [0.25, 0.3) is 5.91 Å². The monoisotopic (exact) mass is 407 g/mol. The van der Waals surface area contributed by atoms with Gasteiger partial charge in [0.05, 0.1) is 29.8 Å². The molecule has 1 heterocycles. The number of furan rings is 1. The molecule has 140 valence electrons. The Kier molecular flexibility index (Phi) is 5.88. The molecule has 8 heteroatoms. The molecule has 6 nitrogen and oxygen atoms in total. The summed E-state index contributed by atoms with van der Waals surface area (Å²) in [5.41, 5.74) is 1.73. The molecule has 27 heavy (non-hydrogen) atoms. The van der Waals surface area contributed by atoms with E-state index < -0.39 is 18.5 Å². The first-order valence-corrected chi connectivity index (χ1v) is 8.66. The minimum atomic E-state index is -0.544. The lowest BCUT2D eigenvalue weighted by Crippen LogP contribution is -2.21. The standard InChI is InChI=1S/C19H15Cl2NO5/c1-25-13-3-4-14-11(9-26-17(14)8-13)6-19(24)27-10-18(23)22-12-2-5-15(20)16(21)7-12/h2-5,7-9H,6,10H2,1H3,(H,22,23). The van der Waals surface area contributed by atoms with Gasteiger partial charge in [-0.3, -0.25) is 9.59 Å². The highest BCUT2D eigenvalue weighted by Gasteiger charge is 2.14. The number of rotatable bonds is 6. The summed E-state index contributed by atoms with van der Waals surface area (Å²) in [4.78, 5) is 23.9. The Morgan fingerprint density at radius 3 is 2.67 bits per heavy atom. The summed E-state index contributed by atoms with van der Waals surface area (Å²) in [5.74, 6) is -0.369. The van der Waals surface area contributed by atoms with Crippen LogP contribution in [0.3, 0.4) is 0 Å². The van der Waals surface area contributed by atoms with Gasteiger partial charge in [-0.15, -0.1) is 0 Å². The van der Waals surface area contributed by atoms with Gasteiger partial charge in [0.2, 0.25) is 0 Å². The number of carbonyl (C=O) groups excluding carboxylic acids is 2. The van der Waals surface area contributed by atoms with Crippen molar-refractivity contribution in [1.82, 2.24) is 0 Å². The van der Waals surface area contributed by atoms with E-state index in [4.69, 9.17) is 37.1 Å². The summed E-state index contributed by atoms with van der Waals surface area (Å²) >= 11 is 11.7. The number of carbonyl (C=O) groups is 2. The number of anilines is 1. The average molecular weight is 408 g/mol.